The summed E-state index contributed by atoms with van der Waals surface area (Å²) < 4.78 is 5.81. The van der Waals surface area contributed by atoms with E-state index in [9.17, 15) is 0 Å². The Morgan fingerprint density at radius 2 is 1.60 bits per heavy atom. The van der Waals surface area contributed by atoms with Gasteiger partial charge in [-0.05, 0) is 29.1 Å². The summed E-state index contributed by atoms with van der Waals surface area (Å²) in [6.07, 6.45) is 1.02. The molecule has 1 aliphatic heterocycles. The molecule has 98 valence electrons. The molecule has 1 aliphatic rings. The molecule has 1 nitrogen and oxygen atoms in total. The van der Waals surface area contributed by atoms with Crippen LogP contribution in [0.2, 0.25) is 0 Å². The average Bonchev–Trinajstić information content (AvgIpc) is 2.97. The molecule has 0 bridgehead atoms. The quantitative estimate of drug-likeness (QED) is 0.657. The Morgan fingerprint density at radius 1 is 0.850 bits per heavy atom. The first kappa shape index (κ1) is 11.9. The highest BCUT2D eigenvalue weighted by molar-refractivity contribution is 7.99. The summed E-state index contributed by atoms with van der Waals surface area (Å²) in [4.78, 5) is 2.59. The van der Waals surface area contributed by atoms with Gasteiger partial charge in [0, 0.05) is 21.6 Å². The minimum atomic E-state index is 0.804. The van der Waals surface area contributed by atoms with Gasteiger partial charge < -0.3 is 4.74 Å². The highest BCUT2D eigenvalue weighted by atomic mass is 32.2. The standard InChI is InChI=1S/C18H14OS/c1-2-6-14(7-3-1)20-17-12-13-10-11-19-18(13)16-9-5-4-8-15(16)17/h1-9,12H,10-11H2. The van der Waals surface area contributed by atoms with Crippen molar-refractivity contribution in [2.75, 3.05) is 6.61 Å². The molecule has 1 heterocycles. The molecule has 0 fully saturated rings. The zero-order valence-corrected chi connectivity index (χ0v) is 11.8. The summed E-state index contributed by atoms with van der Waals surface area (Å²) in [5, 5.41) is 2.52. The molecule has 0 spiro atoms. The third-order valence-corrected chi connectivity index (χ3v) is 4.69. The molecular formula is C18H14OS. The molecule has 0 radical (unpaired) electrons. The van der Waals surface area contributed by atoms with Gasteiger partial charge in [-0.15, -0.1) is 0 Å². The zero-order valence-electron chi connectivity index (χ0n) is 11.0. The first-order chi connectivity index (χ1) is 9.92. The second-order valence-electron chi connectivity index (χ2n) is 4.92. The maximum Gasteiger partial charge on any atom is 0.130 e. The van der Waals surface area contributed by atoms with Crippen LogP contribution in [-0.4, -0.2) is 6.61 Å². The van der Waals surface area contributed by atoms with E-state index in [2.05, 4.69) is 60.7 Å². The predicted octanol–water partition coefficient (Wildman–Crippen LogP) is 4.93. The van der Waals surface area contributed by atoms with Crippen LogP contribution in [-0.2, 0) is 6.42 Å². The number of rotatable bonds is 2. The van der Waals surface area contributed by atoms with Gasteiger partial charge >= 0.3 is 0 Å². The molecule has 0 aromatic heterocycles. The Labute approximate surface area is 122 Å². The van der Waals surface area contributed by atoms with Crippen molar-refractivity contribution in [3.8, 4) is 5.75 Å². The number of hydrogen-bond acceptors (Lipinski definition) is 2. The highest BCUT2D eigenvalue weighted by Crippen LogP contribution is 2.41. The van der Waals surface area contributed by atoms with E-state index in [1.54, 1.807) is 0 Å². The topological polar surface area (TPSA) is 9.23 Å². The Morgan fingerprint density at radius 3 is 2.45 bits per heavy atom. The summed E-state index contributed by atoms with van der Waals surface area (Å²) in [6, 6.07) is 21.4. The van der Waals surface area contributed by atoms with Gasteiger partial charge in [0.05, 0.1) is 6.61 Å². The third-order valence-electron chi connectivity index (χ3n) is 3.62. The second-order valence-corrected chi connectivity index (χ2v) is 6.04. The molecule has 0 saturated carbocycles. The van der Waals surface area contributed by atoms with Gasteiger partial charge in [-0.3, -0.25) is 0 Å². The minimum absolute atomic E-state index is 0.804. The van der Waals surface area contributed by atoms with E-state index in [0.29, 0.717) is 0 Å². The van der Waals surface area contributed by atoms with Gasteiger partial charge in [0.15, 0.2) is 0 Å². The molecule has 0 aliphatic carbocycles. The van der Waals surface area contributed by atoms with Crippen LogP contribution >= 0.6 is 11.8 Å². The molecular weight excluding hydrogens is 264 g/mol. The molecule has 20 heavy (non-hydrogen) atoms. The predicted molar refractivity (Wildman–Crippen MR) is 83.7 cm³/mol. The number of benzene rings is 3. The van der Waals surface area contributed by atoms with E-state index in [-0.39, 0.29) is 0 Å². The first-order valence-corrected chi connectivity index (χ1v) is 7.64. The molecule has 3 aromatic carbocycles. The minimum Gasteiger partial charge on any atom is -0.492 e. The fourth-order valence-corrected chi connectivity index (χ4v) is 3.73. The normalized spacial score (nSPS) is 13.2. The Kier molecular flexibility index (Phi) is 2.89. The first-order valence-electron chi connectivity index (χ1n) is 6.82. The van der Waals surface area contributed by atoms with E-state index >= 15 is 0 Å². The smallest absolute Gasteiger partial charge is 0.130 e. The van der Waals surface area contributed by atoms with E-state index in [1.165, 1.54) is 26.1 Å². The Bertz CT molecular complexity index is 765. The molecule has 0 saturated heterocycles. The van der Waals surface area contributed by atoms with Crippen LogP contribution < -0.4 is 4.74 Å². The van der Waals surface area contributed by atoms with Crippen LogP contribution in [0.4, 0.5) is 0 Å². The number of ether oxygens (including phenoxy) is 1. The fourth-order valence-electron chi connectivity index (χ4n) is 2.69. The molecule has 4 rings (SSSR count). The van der Waals surface area contributed by atoms with Gasteiger partial charge in [0.1, 0.15) is 5.75 Å². The molecule has 2 heteroatoms. The van der Waals surface area contributed by atoms with Crippen molar-refractivity contribution < 1.29 is 4.74 Å². The van der Waals surface area contributed by atoms with Crippen molar-refractivity contribution in [3.05, 3.63) is 66.2 Å². The SMILES string of the molecule is c1ccc(Sc2cc3c(c4ccccc24)OCC3)cc1. The zero-order chi connectivity index (χ0) is 13.4. The maximum atomic E-state index is 5.81. The molecule has 3 aromatic rings. The Hall–Kier alpha value is -1.93. The van der Waals surface area contributed by atoms with Gasteiger partial charge in [0.2, 0.25) is 0 Å². The molecule has 0 unspecified atom stereocenters. The lowest BCUT2D eigenvalue weighted by molar-refractivity contribution is 0.360. The van der Waals surface area contributed by atoms with Gasteiger partial charge in [-0.2, -0.15) is 0 Å². The largest absolute Gasteiger partial charge is 0.492 e. The monoisotopic (exact) mass is 278 g/mol. The van der Waals surface area contributed by atoms with Crippen molar-refractivity contribution in [2.24, 2.45) is 0 Å². The summed E-state index contributed by atoms with van der Waals surface area (Å²) in [5.74, 6) is 1.08. The van der Waals surface area contributed by atoms with E-state index in [4.69, 9.17) is 4.74 Å². The van der Waals surface area contributed by atoms with Crippen LogP contribution in [0.5, 0.6) is 5.75 Å². The lowest BCUT2D eigenvalue weighted by atomic mass is 10.0. The highest BCUT2D eigenvalue weighted by Gasteiger charge is 2.18. The second kappa shape index (κ2) is 4.88. The third kappa shape index (κ3) is 1.97. The summed E-state index contributed by atoms with van der Waals surface area (Å²) >= 11 is 1.83. The van der Waals surface area contributed by atoms with E-state index < -0.39 is 0 Å². The van der Waals surface area contributed by atoms with Crippen LogP contribution in [0.3, 0.4) is 0 Å². The summed E-state index contributed by atoms with van der Waals surface area (Å²) in [7, 11) is 0. The van der Waals surface area contributed by atoms with E-state index in [1.807, 2.05) is 11.8 Å². The van der Waals surface area contributed by atoms with Crippen molar-refractivity contribution in [1.29, 1.82) is 0 Å². The van der Waals surface area contributed by atoms with E-state index in [0.717, 1.165) is 18.8 Å². The average molecular weight is 278 g/mol. The number of fused-ring (bicyclic) bond motifs is 3. The van der Waals surface area contributed by atoms with Crippen molar-refractivity contribution in [3.63, 3.8) is 0 Å². The lowest BCUT2D eigenvalue weighted by Crippen LogP contribution is -1.87. The van der Waals surface area contributed by atoms with Crippen LogP contribution in [0.25, 0.3) is 10.8 Å². The maximum absolute atomic E-state index is 5.81. The van der Waals surface area contributed by atoms with Gasteiger partial charge in [-0.25, -0.2) is 0 Å². The molecule has 0 N–H and O–H groups in total. The number of hydrogen-bond donors (Lipinski definition) is 0. The lowest BCUT2D eigenvalue weighted by Gasteiger charge is -2.10. The fraction of sp³-hybridized carbons (Fsp3) is 0.111. The van der Waals surface area contributed by atoms with Gasteiger partial charge in [-0.1, -0.05) is 54.2 Å². The Balaban J connectivity index is 1.89. The van der Waals surface area contributed by atoms with Crippen molar-refractivity contribution in [1.82, 2.24) is 0 Å². The molecule has 0 amide bonds. The summed E-state index contributed by atoms with van der Waals surface area (Å²) in [5.41, 5.74) is 1.34. The summed E-state index contributed by atoms with van der Waals surface area (Å²) in [6.45, 7) is 0.804. The van der Waals surface area contributed by atoms with Crippen LogP contribution in [0.1, 0.15) is 5.56 Å². The van der Waals surface area contributed by atoms with Gasteiger partial charge in [0.25, 0.3) is 0 Å². The van der Waals surface area contributed by atoms with Crippen molar-refractivity contribution in [2.45, 2.75) is 16.2 Å². The van der Waals surface area contributed by atoms with Crippen molar-refractivity contribution >= 4 is 22.5 Å². The van der Waals surface area contributed by atoms with Crippen LogP contribution in [0.15, 0.2) is 70.5 Å². The van der Waals surface area contributed by atoms with Crippen LogP contribution in [0, 0.1) is 0 Å². The molecule has 0 atom stereocenters.